The van der Waals surface area contributed by atoms with Gasteiger partial charge in [0.05, 0.1) is 18.2 Å². The van der Waals surface area contributed by atoms with Crippen molar-refractivity contribution >= 4 is 11.6 Å². The van der Waals surface area contributed by atoms with E-state index in [1.165, 1.54) is 22.9 Å². The van der Waals surface area contributed by atoms with Gasteiger partial charge in [-0.25, -0.2) is 9.78 Å². The molecular formula is C31H37N8O+. The number of nitrogens with zero attached hydrogens (tertiary/aromatic N) is 6. The van der Waals surface area contributed by atoms with Crippen molar-refractivity contribution in [2.45, 2.75) is 52.1 Å². The van der Waals surface area contributed by atoms with Crippen LogP contribution in [0, 0.1) is 13.8 Å². The van der Waals surface area contributed by atoms with Crippen molar-refractivity contribution in [3.05, 3.63) is 88.4 Å². The molecule has 5 heterocycles. The predicted molar refractivity (Wildman–Crippen MR) is 157 cm³/mol. The number of aryl methyl sites for hydroxylation is 3. The molecule has 4 aromatic heterocycles. The zero-order valence-electron chi connectivity index (χ0n) is 23.5. The maximum atomic E-state index is 13.7. The van der Waals surface area contributed by atoms with E-state index in [4.69, 9.17) is 10.8 Å². The molecule has 0 spiro atoms. The van der Waals surface area contributed by atoms with Crippen molar-refractivity contribution in [2.75, 3.05) is 18.8 Å². The molecule has 1 aromatic carbocycles. The second-order valence-electron chi connectivity index (χ2n) is 10.9. The number of rotatable bonds is 6. The molecule has 0 saturated carbocycles. The summed E-state index contributed by atoms with van der Waals surface area (Å²) in [4.78, 5) is 24.2. The summed E-state index contributed by atoms with van der Waals surface area (Å²) in [7, 11) is 2.11. The Hall–Kier alpha value is -4.24. The zero-order valence-corrected chi connectivity index (χ0v) is 23.5. The van der Waals surface area contributed by atoms with Crippen LogP contribution in [0.25, 0.3) is 28.0 Å². The minimum atomic E-state index is -0.239. The summed E-state index contributed by atoms with van der Waals surface area (Å²) in [5, 5.41) is 4.92. The third kappa shape index (κ3) is 4.81. The number of H-pyrrole nitrogens is 1. The summed E-state index contributed by atoms with van der Waals surface area (Å²) in [6.07, 6.45) is 6.83. The van der Waals surface area contributed by atoms with Crippen molar-refractivity contribution in [1.82, 2.24) is 28.6 Å². The molecule has 1 atom stereocenters. The molecule has 9 heteroatoms. The number of nitrogens with one attached hydrogen (secondary N) is 1. The molecule has 206 valence electrons. The summed E-state index contributed by atoms with van der Waals surface area (Å²) >= 11 is 0. The van der Waals surface area contributed by atoms with E-state index in [2.05, 4.69) is 44.8 Å². The first-order valence-corrected chi connectivity index (χ1v) is 14.1. The lowest BCUT2D eigenvalue weighted by atomic mass is 9.99. The van der Waals surface area contributed by atoms with Crippen LogP contribution in [0.15, 0.2) is 65.6 Å². The summed E-state index contributed by atoms with van der Waals surface area (Å²) in [6, 6.07) is 18.7. The first kappa shape index (κ1) is 26.0. The van der Waals surface area contributed by atoms with E-state index in [9.17, 15) is 4.79 Å². The number of nitrogen functional groups attached to an aromatic ring is 1. The quantitative estimate of drug-likeness (QED) is 0.350. The third-order valence-electron chi connectivity index (χ3n) is 8.03. The van der Waals surface area contributed by atoms with Crippen LogP contribution in [-0.4, -0.2) is 41.7 Å². The number of hydrogen-bond donors (Lipinski definition) is 1. The van der Waals surface area contributed by atoms with Crippen LogP contribution >= 0.6 is 0 Å². The molecule has 9 nitrogen and oxygen atoms in total. The lowest BCUT2D eigenvalue weighted by Crippen LogP contribution is -2.35. The zero-order chi connectivity index (χ0) is 27.8. The molecule has 1 aliphatic heterocycles. The predicted octanol–water partition coefficient (Wildman–Crippen LogP) is 4.19. The van der Waals surface area contributed by atoms with Crippen LogP contribution in [0.4, 0.5) is 5.95 Å². The smallest absolute Gasteiger partial charge is 0.353 e. The summed E-state index contributed by atoms with van der Waals surface area (Å²) in [5.41, 5.74) is 13.5. The van der Waals surface area contributed by atoms with Crippen LogP contribution in [0.3, 0.4) is 0 Å². The Morgan fingerprint density at radius 2 is 1.75 bits per heavy atom. The minimum Gasteiger partial charge on any atom is -0.353 e. The molecule has 1 saturated heterocycles. The van der Waals surface area contributed by atoms with Gasteiger partial charge in [-0.1, -0.05) is 43.2 Å². The fraction of sp³-hybridized carbons (Fsp3) is 0.355. The van der Waals surface area contributed by atoms with E-state index in [-0.39, 0.29) is 11.6 Å². The molecule has 5 aromatic rings. The van der Waals surface area contributed by atoms with Gasteiger partial charge in [-0.2, -0.15) is 4.68 Å². The van der Waals surface area contributed by atoms with E-state index in [0.29, 0.717) is 18.2 Å². The Kier molecular flexibility index (Phi) is 6.98. The summed E-state index contributed by atoms with van der Waals surface area (Å²) in [6.45, 7) is 6.18. The van der Waals surface area contributed by atoms with Gasteiger partial charge in [-0.05, 0) is 63.1 Å². The molecule has 6 rings (SSSR count). The van der Waals surface area contributed by atoms with Gasteiger partial charge < -0.3 is 4.57 Å². The van der Waals surface area contributed by atoms with Crippen LogP contribution in [0.2, 0.25) is 0 Å². The van der Waals surface area contributed by atoms with E-state index >= 15 is 0 Å². The Labute approximate surface area is 233 Å². The van der Waals surface area contributed by atoms with Crippen molar-refractivity contribution in [3.8, 4) is 22.4 Å². The molecule has 0 amide bonds. The highest BCUT2D eigenvalue weighted by Gasteiger charge is 2.28. The molecule has 0 bridgehead atoms. The van der Waals surface area contributed by atoms with E-state index in [1.807, 2.05) is 56.3 Å². The highest BCUT2D eigenvalue weighted by molar-refractivity contribution is 5.88. The maximum Gasteiger partial charge on any atom is 0.411 e. The van der Waals surface area contributed by atoms with Gasteiger partial charge in [-0.3, -0.25) is 15.6 Å². The highest BCUT2D eigenvalue weighted by atomic mass is 16.2. The molecule has 1 fully saturated rings. The number of pyridine rings is 1. The molecule has 40 heavy (non-hydrogen) atoms. The number of anilines is 1. The van der Waals surface area contributed by atoms with Gasteiger partial charge in [0, 0.05) is 42.4 Å². The Morgan fingerprint density at radius 3 is 2.48 bits per heavy atom. The van der Waals surface area contributed by atoms with Crippen molar-refractivity contribution in [1.29, 1.82) is 0 Å². The number of fused-ring (bicyclic) bond motifs is 1. The summed E-state index contributed by atoms with van der Waals surface area (Å²) in [5.74, 6) is 0.257. The summed E-state index contributed by atoms with van der Waals surface area (Å²) < 4.78 is 5.29. The number of hydrogen-bond acceptors (Lipinski definition) is 5. The number of aromatic amines is 1. The first-order chi connectivity index (χ1) is 19.4. The van der Waals surface area contributed by atoms with E-state index in [0.717, 1.165) is 59.7 Å². The molecule has 0 radical (unpaired) electrons. The van der Waals surface area contributed by atoms with Crippen LogP contribution in [0.1, 0.15) is 48.8 Å². The SMILES string of the molecule is Cc1cc(-c2c(-c3ccccc3)[nH+]c(N)n3c(=O)n(CCN4CCCCCC4c4cccn4C)nc23)cc(C)n1. The number of benzene rings is 1. The number of likely N-dealkylation sites (tertiary alicyclic amines) is 1. The van der Waals surface area contributed by atoms with Crippen LogP contribution < -0.4 is 16.4 Å². The van der Waals surface area contributed by atoms with Gasteiger partial charge in [-0.15, -0.1) is 9.50 Å². The van der Waals surface area contributed by atoms with Gasteiger partial charge in [0.15, 0.2) is 0 Å². The van der Waals surface area contributed by atoms with E-state index in [1.54, 1.807) is 4.68 Å². The topological polar surface area (TPSA) is 101 Å². The molecule has 3 N–H and O–H groups in total. The van der Waals surface area contributed by atoms with Gasteiger partial charge in [0.1, 0.15) is 5.69 Å². The molecule has 1 aliphatic rings. The second kappa shape index (κ2) is 10.7. The second-order valence-corrected chi connectivity index (χ2v) is 10.9. The van der Waals surface area contributed by atoms with E-state index < -0.39 is 0 Å². The van der Waals surface area contributed by atoms with Crippen molar-refractivity contribution < 1.29 is 4.98 Å². The lowest BCUT2D eigenvalue weighted by Gasteiger charge is -2.30. The van der Waals surface area contributed by atoms with Crippen LogP contribution in [0.5, 0.6) is 0 Å². The average molecular weight is 538 g/mol. The minimum absolute atomic E-state index is 0.239. The average Bonchev–Trinajstić information content (AvgIpc) is 3.41. The first-order valence-electron chi connectivity index (χ1n) is 14.1. The normalized spacial score (nSPS) is 16.4. The monoisotopic (exact) mass is 537 g/mol. The lowest BCUT2D eigenvalue weighted by molar-refractivity contribution is -0.351. The third-order valence-corrected chi connectivity index (χ3v) is 8.03. The Morgan fingerprint density at radius 1 is 0.975 bits per heavy atom. The number of nitrogens with two attached hydrogens (primary N) is 1. The fourth-order valence-electron chi connectivity index (χ4n) is 6.18. The Bertz CT molecular complexity index is 1690. The standard InChI is InChI=1S/C31H36N8O/c1-21-19-24(20-22(2)33-21)27-28(23-11-6-4-7-12-23)34-30(32)39-29(27)35-38(31(39)40)18-17-37-16-9-5-8-13-26(37)25-14-10-15-36(25)3/h4,6-7,10-12,14-15,19-20,26H,5,8-9,13,16-18H2,1-3H3,(H2,32,34)/p+1. The molecule has 0 aliphatic carbocycles. The highest BCUT2D eigenvalue weighted by Crippen LogP contribution is 2.33. The van der Waals surface area contributed by atoms with Gasteiger partial charge >= 0.3 is 11.6 Å². The fourth-order valence-corrected chi connectivity index (χ4v) is 6.18. The van der Waals surface area contributed by atoms with Crippen molar-refractivity contribution in [3.63, 3.8) is 0 Å². The number of aromatic nitrogens is 6. The van der Waals surface area contributed by atoms with Gasteiger partial charge in [0.2, 0.25) is 5.65 Å². The molecular weight excluding hydrogens is 500 g/mol. The Balaban J connectivity index is 1.45. The van der Waals surface area contributed by atoms with Gasteiger partial charge in [0.25, 0.3) is 0 Å². The van der Waals surface area contributed by atoms with Crippen molar-refractivity contribution in [2.24, 2.45) is 7.05 Å². The van der Waals surface area contributed by atoms with Crippen LogP contribution in [-0.2, 0) is 13.6 Å². The maximum absolute atomic E-state index is 13.7. The largest absolute Gasteiger partial charge is 0.411 e. The molecule has 1 unspecified atom stereocenters.